The van der Waals surface area contributed by atoms with E-state index in [1.807, 2.05) is 6.07 Å². The van der Waals surface area contributed by atoms with Crippen LogP contribution in [-0.2, 0) is 6.42 Å². The van der Waals surface area contributed by atoms with Gasteiger partial charge in [-0.2, -0.15) is 0 Å². The minimum absolute atomic E-state index is 0.677. The van der Waals surface area contributed by atoms with Gasteiger partial charge >= 0.3 is 0 Å². The number of piperidine rings is 1. The summed E-state index contributed by atoms with van der Waals surface area (Å²) in [6.07, 6.45) is 4.99. The first-order valence-corrected chi connectivity index (χ1v) is 11.3. The van der Waals surface area contributed by atoms with E-state index in [0.29, 0.717) is 5.92 Å². The van der Waals surface area contributed by atoms with Crippen LogP contribution in [-0.4, -0.2) is 45.2 Å². The van der Waals surface area contributed by atoms with Gasteiger partial charge in [-0.25, -0.2) is 0 Å². The van der Waals surface area contributed by atoms with Gasteiger partial charge in [-0.15, -0.1) is 0 Å². The molecule has 1 unspecified atom stereocenters. The van der Waals surface area contributed by atoms with E-state index in [9.17, 15) is 0 Å². The first kappa shape index (κ1) is 19.8. The summed E-state index contributed by atoms with van der Waals surface area (Å²) in [6.45, 7) is 4.82. The van der Waals surface area contributed by atoms with Crippen LogP contribution in [0.4, 0.5) is 5.69 Å². The maximum Gasteiger partial charge on any atom is 0.119 e. The van der Waals surface area contributed by atoms with Crippen LogP contribution >= 0.6 is 15.9 Å². The molecular weight excluding hydrogens is 412 g/mol. The molecule has 4 heteroatoms. The van der Waals surface area contributed by atoms with E-state index in [0.717, 1.165) is 18.1 Å². The minimum Gasteiger partial charge on any atom is -0.497 e. The van der Waals surface area contributed by atoms with Crippen LogP contribution in [0.15, 0.2) is 46.9 Å². The monoisotopic (exact) mass is 442 g/mol. The predicted octanol–water partition coefficient (Wildman–Crippen LogP) is 5.34. The van der Waals surface area contributed by atoms with Crippen molar-refractivity contribution in [2.24, 2.45) is 5.92 Å². The summed E-state index contributed by atoms with van der Waals surface area (Å²) in [4.78, 5) is 5.11. The number of likely N-dealkylation sites (tertiary alicyclic amines) is 1. The van der Waals surface area contributed by atoms with Gasteiger partial charge in [0.05, 0.1) is 7.11 Å². The number of nitrogens with zero attached hydrogens (tertiary/aromatic N) is 2. The van der Waals surface area contributed by atoms with Crippen molar-refractivity contribution in [1.29, 1.82) is 0 Å². The highest BCUT2D eigenvalue weighted by atomic mass is 79.9. The third-order valence-corrected chi connectivity index (χ3v) is 7.32. The molecular formula is C24H31BrN2O. The molecule has 0 bridgehead atoms. The molecule has 2 aliphatic rings. The Kier molecular flexibility index (Phi) is 6.27. The predicted molar refractivity (Wildman–Crippen MR) is 121 cm³/mol. The van der Waals surface area contributed by atoms with E-state index in [2.05, 4.69) is 69.2 Å². The molecule has 1 saturated heterocycles. The van der Waals surface area contributed by atoms with Gasteiger partial charge in [0.15, 0.2) is 0 Å². The van der Waals surface area contributed by atoms with Gasteiger partial charge in [-0.05, 0) is 80.1 Å². The number of halogens is 1. The average Bonchev–Trinajstić information content (AvgIpc) is 2.73. The summed E-state index contributed by atoms with van der Waals surface area (Å²) in [5.41, 5.74) is 4.34. The molecule has 2 aromatic carbocycles. The van der Waals surface area contributed by atoms with E-state index in [1.54, 1.807) is 12.7 Å². The largest absolute Gasteiger partial charge is 0.497 e. The van der Waals surface area contributed by atoms with Gasteiger partial charge < -0.3 is 14.5 Å². The van der Waals surface area contributed by atoms with Crippen LogP contribution in [0, 0.1) is 5.92 Å². The number of rotatable bonds is 5. The van der Waals surface area contributed by atoms with Crippen LogP contribution < -0.4 is 9.64 Å². The molecule has 1 fully saturated rings. The van der Waals surface area contributed by atoms with E-state index in [4.69, 9.17) is 4.74 Å². The zero-order valence-electron chi connectivity index (χ0n) is 17.0. The van der Waals surface area contributed by atoms with Crippen LogP contribution in [0.1, 0.15) is 36.3 Å². The molecule has 0 aliphatic carbocycles. The Labute approximate surface area is 177 Å². The number of fused-ring (bicyclic) bond motifs is 1. The molecule has 150 valence electrons. The normalized spacial score (nSPS) is 20.8. The Morgan fingerprint density at radius 1 is 1.04 bits per heavy atom. The second kappa shape index (κ2) is 8.87. The Morgan fingerprint density at radius 3 is 2.61 bits per heavy atom. The number of para-hydroxylation sites is 1. The zero-order valence-corrected chi connectivity index (χ0v) is 18.6. The third kappa shape index (κ3) is 4.38. The molecule has 2 aromatic rings. The molecule has 3 nitrogen and oxygen atoms in total. The smallest absolute Gasteiger partial charge is 0.119 e. The fourth-order valence-corrected chi connectivity index (χ4v) is 5.23. The van der Waals surface area contributed by atoms with Crippen molar-refractivity contribution in [3.63, 3.8) is 0 Å². The molecule has 0 spiro atoms. The van der Waals surface area contributed by atoms with Crippen LogP contribution in [0.25, 0.3) is 0 Å². The van der Waals surface area contributed by atoms with E-state index in [1.165, 1.54) is 61.2 Å². The Morgan fingerprint density at radius 2 is 1.82 bits per heavy atom. The average molecular weight is 443 g/mol. The zero-order chi connectivity index (χ0) is 19.5. The maximum atomic E-state index is 5.40. The molecule has 0 amide bonds. The minimum atomic E-state index is 0.677. The lowest BCUT2D eigenvalue weighted by Gasteiger charge is -2.38. The van der Waals surface area contributed by atoms with Crippen LogP contribution in [0.3, 0.4) is 0 Å². The fourth-order valence-electron chi connectivity index (χ4n) is 4.83. The van der Waals surface area contributed by atoms with Gasteiger partial charge in [0.1, 0.15) is 5.75 Å². The summed E-state index contributed by atoms with van der Waals surface area (Å²) in [5.74, 6) is 2.40. The fraction of sp³-hybridized carbons (Fsp3) is 0.500. The van der Waals surface area contributed by atoms with Crippen molar-refractivity contribution in [3.05, 3.63) is 58.1 Å². The van der Waals surface area contributed by atoms with Gasteiger partial charge in [0.2, 0.25) is 0 Å². The Bertz CT molecular complexity index is 801. The first-order valence-electron chi connectivity index (χ1n) is 10.5. The van der Waals surface area contributed by atoms with Crippen LogP contribution in [0.5, 0.6) is 5.75 Å². The van der Waals surface area contributed by atoms with Gasteiger partial charge in [-0.3, -0.25) is 0 Å². The quantitative estimate of drug-likeness (QED) is 0.621. The molecule has 2 heterocycles. The summed E-state index contributed by atoms with van der Waals surface area (Å²) < 4.78 is 6.61. The Balaban J connectivity index is 1.33. The number of hydrogen-bond acceptors (Lipinski definition) is 3. The van der Waals surface area contributed by atoms with Crippen molar-refractivity contribution >= 4 is 21.6 Å². The van der Waals surface area contributed by atoms with Crippen molar-refractivity contribution in [2.45, 2.75) is 31.6 Å². The lowest BCUT2D eigenvalue weighted by atomic mass is 9.87. The molecule has 28 heavy (non-hydrogen) atoms. The third-order valence-electron chi connectivity index (χ3n) is 6.55. The highest BCUT2D eigenvalue weighted by Gasteiger charge is 2.27. The number of hydrogen-bond donors (Lipinski definition) is 0. The molecule has 0 N–H and O–H groups in total. The van der Waals surface area contributed by atoms with Crippen LogP contribution in [0.2, 0.25) is 0 Å². The molecule has 2 aliphatic heterocycles. The summed E-state index contributed by atoms with van der Waals surface area (Å²) >= 11 is 3.71. The Hall–Kier alpha value is -1.52. The number of anilines is 1. The highest BCUT2D eigenvalue weighted by molar-refractivity contribution is 9.10. The second-order valence-corrected chi connectivity index (χ2v) is 9.23. The lowest BCUT2D eigenvalue weighted by Crippen LogP contribution is -2.39. The number of ether oxygens (including phenoxy) is 1. The van der Waals surface area contributed by atoms with E-state index in [-0.39, 0.29) is 0 Å². The topological polar surface area (TPSA) is 15.7 Å². The van der Waals surface area contributed by atoms with E-state index >= 15 is 0 Å². The molecule has 0 aromatic heterocycles. The van der Waals surface area contributed by atoms with Crippen molar-refractivity contribution in [1.82, 2.24) is 4.90 Å². The van der Waals surface area contributed by atoms with Gasteiger partial charge in [0.25, 0.3) is 0 Å². The first-order chi connectivity index (χ1) is 13.6. The molecule has 0 saturated carbocycles. The van der Waals surface area contributed by atoms with Gasteiger partial charge in [0, 0.05) is 36.2 Å². The second-order valence-electron chi connectivity index (χ2n) is 8.37. The summed E-state index contributed by atoms with van der Waals surface area (Å²) in [7, 11) is 3.96. The standard InChI is InChI=1S/C24H31BrN2O/c1-26-12-11-19(22-5-3-4-6-24(22)26)17-27-13-9-18(10-14-27)15-20-16-21(28-2)7-8-23(20)25/h3-8,16,18-19H,9-15,17H2,1-2H3. The summed E-state index contributed by atoms with van der Waals surface area (Å²) in [5, 5.41) is 0. The highest BCUT2D eigenvalue weighted by Crippen LogP contribution is 2.36. The van der Waals surface area contributed by atoms with Crippen molar-refractivity contribution < 1.29 is 4.74 Å². The molecule has 1 atom stereocenters. The maximum absolute atomic E-state index is 5.40. The SMILES string of the molecule is COc1ccc(Br)c(CC2CCN(CC3CCN(C)c4ccccc43)CC2)c1. The number of benzene rings is 2. The van der Waals surface area contributed by atoms with Gasteiger partial charge in [-0.1, -0.05) is 34.1 Å². The molecule has 4 rings (SSSR count). The van der Waals surface area contributed by atoms with Crippen molar-refractivity contribution in [2.75, 3.05) is 45.2 Å². The summed E-state index contributed by atoms with van der Waals surface area (Å²) in [6, 6.07) is 15.3. The van der Waals surface area contributed by atoms with E-state index < -0.39 is 0 Å². The lowest BCUT2D eigenvalue weighted by molar-refractivity contribution is 0.172. The van der Waals surface area contributed by atoms with Crippen molar-refractivity contribution in [3.8, 4) is 5.75 Å². The molecule has 0 radical (unpaired) electrons. The number of methoxy groups -OCH3 is 1.